The summed E-state index contributed by atoms with van der Waals surface area (Å²) in [6.45, 7) is 5.58. The van der Waals surface area contributed by atoms with Gasteiger partial charge in [-0.05, 0) is 12.5 Å². The molecule has 80 valence electrons. The Labute approximate surface area is 87.8 Å². The van der Waals surface area contributed by atoms with Crippen molar-refractivity contribution in [3.8, 4) is 0 Å². The molecule has 0 unspecified atom stereocenters. The standard InChI is InChI=1S/C11H13NO3/c1-4-8-6-10(13)12(3)7-9(8)11(14)15-5-2/h4,6-7H,1,5H2,2-3H3. The van der Waals surface area contributed by atoms with Crippen LogP contribution in [0.15, 0.2) is 23.6 Å². The third kappa shape index (κ3) is 2.34. The maximum Gasteiger partial charge on any atom is 0.340 e. The Balaban J connectivity index is 3.27. The number of esters is 1. The average Bonchev–Trinajstić information content (AvgIpc) is 2.21. The van der Waals surface area contributed by atoms with E-state index >= 15 is 0 Å². The number of carbonyl (C=O) groups is 1. The van der Waals surface area contributed by atoms with Crippen molar-refractivity contribution in [2.24, 2.45) is 7.05 Å². The zero-order valence-corrected chi connectivity index (χ0v) is 8.82. The van der Waals surface area contributed by atoms with Gasteiger partial charge in [0.2, 0.25) is 0 Å². The van der Waals surface area contributed by atoms with Crippen LogP contribution in [0.5, 0.6) is 0 Å². The summed E-state index contributed by atoms with van der Waals surface area (Å²) in [7, 11) is 1.58. The Morgan fingerprint density at radius 3 is 2.87 bits per heavy atom. The number of rotatable bonds is 3. The molecule has 4 nitrogen and oxygen atoms in total. The van der Waals surface area contributed by atoms with Gasteiger partial charge in [0.15, 0.2) is 0 Å². The first-order valence-corrected chi connectivity index (χ1v) is 4.60. The summed E-state index contributed by atoms with van der Waals surface area (Å²) in [6, 6.07) is 1.36. The SMILES string of the molecule is C=Cc1cc(=O)n(C)cc1C(=O)OCC. The average molecular weight is 207 g/mol. The van der Waals surface area contributed by atoms with Crippen molar-refractivity contribution in [1.29, 1.82) is 0 Å². The molecule has 0 saturated heterocycles. The van der Waals surface area contributed by atoms with Crippen LogP contribution in [-0.4, -0.2) is 17.1 Å². The van der Waals surface area contributed by atoms with E-state index in [1.54, 1.807) is 14.0 Å². The van der Waals surface area contributed by atoms with Crippen LogP contribution in [0, 0.1) is 0 Å². The molecular formula is C11H13NO3. The minimum atomic E-state index is -0.442. The summed E-state index contributed by atoms with van der Waals surface area (Å²) in [5, 5.41) is 0. The number of carbonyl (C=O) groups excluding carboxylic acids is 1. The summed E-state index contributed by atoms with van der Waals surface area (Å²) >= 11 is 0. The second-order valence-electron chi connectivity index (χ2n) is 3.02. The Morgan fingerprint density at radius 1 is 1.67 bits per heavy atom. The lowest BCUT2D eigenvalue weighted by Crippen LogP contribution is -2.19. The lowest BCUT2D eigenvalue weighted by atomic mass is 10.1. The molecule has 1 rings (SSSR count). The van der Waals surface area contributed by atoms with E-state index in [2.05, 4.69) is 6.58 Å². The molecular weight excluding hydrogens is 194 g/mol. The predicted molar refractivity (Wildman–Crippen MR) is 57.7 cm³/mol. The summed E-state index contributed by atoms with van der Waals surface area (Å²) in [5.41, 5.74) is 0.670. The molecule has 1 aromatic rings. The minimum absolute atomic E-state index is 0.182. The van der Waals surface area contributed by atoms with Gasteiger partial charge >= 0.3 is 5.97 Å². The molecule has 1 heterocycles. The van der Waals surface area contributed by atoms with Crippen molar-refractivity contribution in [3.63, 3.8) is 0 Å². The van der Waals surface area contributed by atoms with E-state index in [4.69, 9.17) is 4.74 Å². The van der Waals surface area contributed by atoms with Gasteiger partial charge in [0.05, 0.1) is 12.2 Å². The van der Waals surface area contributed by atoms with Crippen molar-refractivity contribution >= 4 is 12.0 Å². The fourth-order valence-electron chi connectivity index (χ4n) is 1.19. The topological polar surface area (TPSA) is 48.3 Å². The first-order valence-electron chi connectivity index (χ1n) is 4.60. The van der Waals surface area contributed by atoms with Gasteiger partial charge in [0.1, 0.15) is 0 Å². The van der Waals surface area contributed by atoms with E-state index < -0.39 is 5.97 Å². The zero-order chi connectivity index (χ0) is 11.4. The molecule has 0 aliphatic rings. The summed E-state index contributed by atoms with van der Waals surface area (Å²) in [5.74, 6) is -0.442. The van der Waals surface area contributed by atoms with Crippen LogP contribution in [0.4, 0.5) is 0 Å². The number of aryl methyl sites for hydroxylation is 1. The quantitative estimate of drug-likeness (QED) is 0.700. The number of hydrogen-bond donors (Lipinski definition) is 0. The highest BCUT2D eigenvalue weighted by molar-refractivity contribution is 5.93. The van der Waals surface area contributed by atoms with E-state index in [9.17, 15) is 9.59 Å². The van der Waals surface area contributed by atoms with E-state index in [0.29, 0.717) is 17.7 Å². The molecule has 0 spiro atoms. The fourth-order valence-corrected chi connectivity index (χ4v) is 1.19. The largest absolute Gasteiger partial charge is 0.462 e. The van der Waals surface area contributed by atoms with Crippen LogP contribution in [0.3, 0.4) is 0 Å². The van der Waals surface area contributed by atoms with Crippen LogP contribution in [-0.2, 0) is 11.8 Å². The predicted octanol–water partition coefficient (Wildman–Crippen LogP) is 1.21. The highest BCUT2D eigenvalue weighted by atomic mass is 16.5. The second kappa shape index (κ2) is 4.59. The maximum atomic E-state index is 11.5. The van der Waals surface area contributed by atoms with E-state index in [1.807, 2.05) is 0 Å². The number of hydrogen-bond acceptors (Lipinski definition) is 3. The normalized spacial score (nSPS) is 9.73. The number of ether oxygens (including phenoxy) is 1. The maximum absolute atomic E-state index is 11.5. The fraction of sp³-hybridized carbons (Fsp3) is 0.273. The highest BCUT2D eigenvalue weighted by Crippen LogP contribution is 2.08. The van der Waals surface area contributed by atoms with Gasteiger partial charge in [-0.25, -0.2) is 4.79 Å². The van der Waals surface area contributed by atoms with Crippen LogP contribution in [0.2, 0.25) is 0 Å². The molecule has 0 saturated carbocycles. The molecule has 4 heteroatoms. The Kier molecular flexibility index (Phi) is 3.44. The summed E-state index contributed by atoms with van der Waals surface area (Å²) < 4.78 is 6.20. The van der Waals surface area contributed by atoms with Gasteiger partial charge in [-0.15, -0.1) is 0 Å². The van der Waals surface area contributed by atoms with Crippen molar-refractivity contribution in [1.82, 2.24) is 4.57 Å². The van der Waals surface area contributed by atoms with Gasteiger partial charge in [-0.1, -0.05) is 12.7 Å². The smallest absolute Gasteiger partial charge is 0.340 e. The molecule has 0 fully saturated rings. The van der Waals surface area contributed by atoms with Crippen LogP contribution in [0.25, 0.3) is 6.08 Å². The van der Waals surface area contributed by atoms with Gasteiger partial charge in [-0.2, -0.15) is 0 Å². The lowest BCUT2D eigenvalue weighted by molar-refractivity contribution is 0.0525. The van der Waals surface area contributed by atoms with Crippen molar-refractivity contribution < 1.29 is 9.53 Å². The summed E-state index contributed by atoms with van der Waals surface area (Å²) in [4.78, 5) is 22.8. The molecule has 0 atom stereocenters. The van der Waals surface area contributed by atoms with E-state index in [1.165, 1.54) is 22.9 Å². The number of pyridine rings is 1. The zero-order valence-electron chi connectivity index (χ0n) is 8.82. The first kappa shape index (κ1) is 11.2. The molecule has 1 aromatic heterocycles. The van der Waals surface area contributed by atoms with Crippen molar-refractivity contribution in [2.45, 2.75) is 6.92 Å². The van der Waals surface area contributed by atoms with Gasteiger partial charge in [-0.3, -0.25) is 4.79 Å². The lowest BCUT2D eigenvalue weighted by Gasteiger charge is -2.06. The molecule has 0 bridgehead atoms. The second-order valence-corrected chi connectivity index (χ2v) is 3.02. The third-order valence-electron chi connectivity index (χ3n) is 1.98. The monoisotopic (exact) mass is 207 g/mol. The molecule has 0 radical (unpaired) electrons. The van der Waals surface area contributed by atoms with E-state index in [-0.39, 0.29) is 5.56 Å². The van der Waals surface area contributed by atoms with Crippen LogP contribution >= 0.6 is 0 Å². The van der Waals surface area contributed by atoms with Gasteiger partial charge in [0, 0.05) is 19.3 Å². The minimum Gasteiger partial charge on any atom is -0.462 e. The number of nitrogens with zero attached hydrogens (tertiary/aromatic N) is 1. The Bertz CT molecular complexity index is 446. The van der Waals surface area contributed by atoms with Gasteiger partial charge in [0.25, 0.3) is 5.56 Å². The van der Waals surface area contributed by atoms with Crippen molar-refractivity contribution in [3.05, 3.63) is 40.3 Å². The Morgan fingerprint density at radius 2 is 2.33 bits per heavy atom. The molecule has 0 aromatic carbocycles. The summed E-state index contributed by atoms with van der Waals surface area (Å²) in [6.07, 6.45) is 2.92. The van der Waals surface area contributed by atoms with Crippen LogP contribution < -0.4 is 5.56 Å². The van der Waals surface area contributed by atoms with Crippen molar-refractivity contribution in [2.75, 3.05) is 6.61 Å². The first-order chi connectivity index (χ1) is 7.10. The molecule has 0 aliphatic heterocycles. The molecule has 0 amide bonds. The molecule has 0 aliphatic carbocycles. The van der Waals surface area contributed by atoms with E-state index in [0.717, 1.165) is 0 Å². The Hall–Kier alpha value is -1.84. The number of aromatic nitrogens is 1. The van der Waals surface area contributed by atoms with Gasteiger partial charge < -0.3 is 9.30 Å². The molecule has 0 N–H and O–H groups in total. The third-order valence-corrected chi connectivity index (χ3v) is 1.98. The molecule has 15 heavy (non-hydrogen) atoms. The van der Waals surface area contributed by atoms with Crippen LogP contribution in [0.1, 0.15) is 22.8 Å². The highest BCUT2D eigenvalue weighted by Gasteiger charge is 2.12.